The molecule has 0 aromatic heterocycles. The predicted octanol–water partition coefficient (Wildman–Crippen LogP) is 0.807. The minimum absolute atomic E-state index is 0.0321. The lowest BCUT2D eigenvalue weighted by Crippen LogP contribution is -2.13. The number of aliphatic hydroxyl groups excluding tert-OH is 1. The fraction of sp³-hybridized carbons (Fsp3) is 0.364. The van der Waals surface area contributed by atoms with Gasteiger partial charge in [-0.25, -0.2) is 0 Å². The van der Waals surface area contributed by atoms with E-state index in [0.29, 0.717) is 6.42 Å². The van der Waals surface area contributed by atoms with Gasteiger partial charge in [-0.05, 0) is 5.56 Å². The first-order chi connectivity index (χ1) is 6.83. The van der Waals surface area contributed by atoms with Crippen molar-refractivity contribution in [3.8, 4) is 0 Å². The summed E-state index contributed by atoms with van der Waals surface area (Å²) in [7, 11) is 0. The van der Waals surface area contributed by atoms with Crippen LogP contribution in [0.1, 0.15) is 5.56 Å². The van der Waals surface area contributed by atoms with Crippen molar-refractivity contribution in [2.75, 3.05) is 19.8 Å². The summed E-state index contributed by atoms with van der Waals surface area (Å²) in [6.45, 7) is 0.259. The second-order valence-electron chi connectivity index (χ2n) is 2.98. The summed E-state index contributed by atoms with van der Waals surface area (Å²) in [6.07, 6.45) is 0.395. The molecule has 3 heteroatoms. The molecule has 0 aliphatic heterocycles. The van der Waals surface area contributed by atoms with E-state index in [1.807, 2.05) is 30.3 Å². The molecule has 1 aromatic carbocycles. The van der Waals surface area contributed by atoms with Gasteiger partial charge in [-0.1, -0.05) is 30.3 Å². The van der Waals surface area contributed by atoms with E-state index >= 15 is 0 Å². The molecule has 1 N–H and O–H groups in total. The summed E-state index contributed by atoms with van der Waals surface area (Å²) in [5.74, 6) is 0.0321. The molecule has 0 bridgehead atoms. The van der Waals surface area contributed by atoms with Gasteiger partial charge in [-0.3, -0.25) is 4.79 Å². The molecule has 0 saturated heterocycles. The highest BCUT2D eigenvalue weighted by Crippen LogP contribution is 2.00. The monoisotopic (exact) mass is 194 g/mol. The van der Waals surface area contributed by atoms with E-state index in [1.165, 1.54) is 0 Å². The fourth-order valence-corrected chi connectivity index (χ4v) is 1.13. The summed E-state index contributed by atoms with van der Waals surface area (Å²) >= 11 is 0. The van der Waals surface area contributed by atoms with E-state index in [4.69, 9.17) is 9.84 Å². The van der Waals surface area contributed by atoms with Crippen molar-refractivity contribution in [2.45, 2.75) is 6.42 Å². The van der Waals surface area contributed by atoms with Crippen molar-refractivity contribution < 1.29 is 14.6 Å². The van der Waals surface area contributed by atoms with Crippen LogP contribution in [0, 0.1) is 0 Å². The van der Waals surface area contributed by atoms with E-state index in [0.717, 1.165) is 5.56 Å². The molecule has 0 spiro atoms. The van der Waals surface area contributed by atoms with Crippen molar-refractivity contribution >= 4 is 5.78 Å². The molecule has 14 heavy (non-hydrogen) atoms. The van der Waals surface area contributed by atoms with Gasteiger partial charge in [0.15, 0.2) is 5.78 Å². The van der Waals surface area contributed by atoms with Crippen LogP contribution in [-0.2, 0) is 16.0 Å². The number of carbonyl (C=O) groups is 1. The van der Waals surface area contributed by atoms with E-state index in [1.54, 1.807) is 0 Å². The highest BCUT2D eigenvalue weighted by Gasteiger charge is 2.02. The minimum Gasteiger partial charge on any atom is -0.394 e. The Morgan fingerprint density at radius 3 is 2.64 bits per heavy atom. The fourth-order valence-electron chi connectivity index (χ4n) is 1.13. The van der Waals surface area contributed by atoms with Gasteiger partial charge in [0.05, 0.1) is 13.2 Å². The normalized spacial score (nSPS) is 10.1. The van der Waals surface area contributed by atoms with E-state index in [9.17, 15) is 4.79 Å². The standard InChI is InChI=1S/C11H14O3/c12-6-7-14-9-11(13)8-10-4-2-1-3-5-10/h1-5,12H,6-9H2. The van der Waals surface area contributed by atoms with Gasteiger partial charge in [0.1, 0.15) is 6.61 Å². The Morgan fingerprint density at radius 2 is 2.00 bits per heavy atom. The first-order valence-electron chi connectivity index (χ1n) is 4.57. The molecule has 0 aliphatic carbocycles. The molecule has 0 unspecified atom stereocenters. The number of ketones is 1. The maximum atomic E-state index is 11.3. The molecule has 0 heterocycles. The zero-order valence-corrected chi connectivity index (χ0v) is 7.98. The first-order valence-corrected chi connectivity index (χ1v) is 4.57. The maximum Gasteiger partial charge on any atom is 0.162 e. The van der Waals surface area contributed by atoms with Gasteiger partial charge in [0.2, 0.25) is 0 Å². The van der Waals surface area contributed by atoms with E-state index < -0.39 is 0 Å². The molecule has 1 rings (SSSR count). The average Bonchev–Trinajstić information content (AvgIpc) is 2.20. The summed E-state index contributed by atoms with van der Waals surface area (Å²) in [6, 6.07) is 9.53. The van der Waals surface area contributed by atoms with Crippen LogP contribution in [0.2, 0.25) is 0 Å². The van der Waals surface area contributed by atoms with Crippen molar-refractivity contribution in [3.05, 3.63) is 35.9 Å². The van der Waals surface area contributed by atoms with Gasteiger partial charge in [-0.2, -0.15) is 0 Å². The molecule has 0 amide bonds. The Kier molecular flexibility index (Phi) is 4.89. The number of Topliss-reactive ketones (excluding diaryl/α,β-unsaturated/α-hetero) is 1. The van der Waals surface area contributed by atoms with Crippen molar-refractivity contribution in [3.63, 3.8) is 0 Å². The third-order valence-corrected chi connectivity index (χ3v) is 1.74. The van der Waals surface area contributed by atoms with Crippen LogP contribution in [0.5, 0.6) is 0 Å². The number of rotatable bonds is 6. The molecule has 0 saturated carbocycles. The van der Waals surface area contributed by atoms with Crippen LogP contribution in [0.25, 0.3) is 0 Å². The lowest BCUT2D eigenvalue weighted by atomic mass is 10.1. The van der Waals surface area contributed by atoms with E-state index in [2.05, 4.69) is 0 Å². The molecule has 0 atom stereocenters. The largest absolute Gasteiger partial charge is 0.394 e. The zero-order chi connectivity index (χ0) is 10.2. The second-order valence-corrected chi connectivity index (χ2v) is 2.98. The van der Waals surface area contributed by atoms with Gasteiger partial charge >= 0.3 is 0 Å². The van der Waals surface area contributed by atoms with Crippen LogP contribution in [0.4, 0.5) is 0 Å². The molecule has 0 aliphatic rings. The van der Waals surface area contributed by atoms with Crippen LogP contribution >= 0.6 is 0 Å². The Morgan fingerprint density at radius 1 is 1.29 bits per heavy atom. The summed E-state index contributed by atoms with van der Waals surface area (Å²) in [4.78, 5) is 11.3. The van der Waals surface area contributed by atoms with Gasteiger partial charge in [0, 0.05) is 6.42 Å². The molecular formula is C11H14O3. The SMILES string of the molecule is O=C(COCCO)Cc1ccccc1. The highest BCUT2D eigenvalue weighted by molar-refractivity contribution is 5.81. The van der Waals surface area contributed by atoms with Crippen molar-refractivity contribution in [1.29, 1.82) is 0 Å². The van der Waals surface area contributed by atoms with Crippen LogP contribution in [0.3, 0.4) is 0 Å². The van der Waals surface area contributed by atoms with Crippen molar-refractivity contribution in [2.24, 2.45) is 0 Å². The van der Waals surface area contributed by atoms with E-state index in [-0.39, 0.29) is 25.6 Å². The number of ether oxygens (including phenoxy) is 1. The molecule has 1 aromatic rings. The Bertz CT molecular complexity index is 269. The Hall–Kier alpha value is -1.19. The lowest BCUT2D eigenvalue weighted by Gasteiger charge is -2.01. The average molecular weight is 194 g/mol. The number of benzene rings is 1. The molecule has 0 fully saturated rings. The second kappa shape index (κ2) is 6.29. The van der Waals surface area contributed by atoms with Crippen LogP contribution in [0.15, 0.2) is 30.3 Å². The highest BCUT2D eigenvalue weighted by atomic mass is 16.5. The summed E-state index contributed by atoms with van der Waals surface area (Å²) in [5.41, 5.74) is 0.991. The Labute approximate surface area is 83.3 Å². The number of carbonyl (C=O) groups excluding carboxylic acids is 1. The smallest absolute Gasteiger partial charge is 0.162 e. The van der Waals surface area contributed by atoms with Gasteiger partial charge in [-0.15, -0.1) is 0 Å². The number of hydrogen-bond acceptors (Lipinski definition) is 3. The summed E-state index contributed by atoms with van der Waals surface area (Å²) in [5, 5.41) is 8.43. The van der Waals surface area contributed by atoms with Crippen molar-refractivity contribution in [1.82, 2.24) is 0 Å². The quantitative estimate of drug-likeness (QED) is 0.681. The van der Waals surface area contributed by atoms with Crippen LogP contribution < -0.4 is 0 Å². The minimum atomic E-state index is -0.0430. The Balaban J connectivity index is 2.27. The molecular weight excluding hydrogens is 180 g/mol. The predicted molar refractivity (Wildman–Crippen MR) is 53.1 cm³/mol. The molecule has 3 nitrogen and oxygen atoms in total. The maximum absolute atomic E-state index is 11.3. The summed E-state index contributed by atoms with van der Waals surface area (Å²) < 4.78 is 4.92. The third kappa shape index (κ3) is 4.16. The third-order valence-electron chi connectivity index (χ3n) is 1.74. The zero-order valence-electron chi connectivity index (χ0n) is 7.98. The number of hydrogen-bond donors (Lipinski definition) is 1. The molecule has 76 valence electrons. The van der Waals surface area contributed by atoms with Crippen LogP contribution in [-0.4, -0.2) is 30.7 Å². The number of aliphatic hydroxyl groups is 1. The first kappa shape index (κ1) is 10.9. The topological polar surface area (TPSA) is 46.5 Å². The van der Waals surface area contributed by atoms with Gasteiger partial charge < -0.3 is 9.84 Å². The lowest BCUT2D eigenvalue weighted by molar-refractivity contribution is -0.123. The molecule has 0 radical (unpaired) electrons. The van der Waals surface area contributed by atoms with Gasteiger partial charge in [0.25, 0.3) is 0 Å².